The van der Waals surface area contributed by atoms with Gasteiger partial charge >= 0.3 is 11.9 Å². The molecule has 0 aromatic carbocycles. The first-order chi connectivity index (χ1) is 5.97. The summed E-state index contributed by atoms with van der Waals surface area (Å²) >= 11 is 0. The fourth-order valence-corrected chi connectivity index (χ4v) is 0.872. The van der Waals surface area contributed by atoms with Gasteiger partial charge in [-0.05, 0) is 6.42 Å². The molecule has 0 aliphatic heterocycles. The van der Waals surface area contributed by atoms with Crippen molar-refractivity contribution in [3.63, 3.8) is 0 Å². The molecule has 1 unspecified atom stereocenters. The zero-order valence-corrected chi connectivity index (χ0v) is 7.30. The van der Waals surface area contributed by atoms with Crippen molar-refractivity contribution < 1.29 is 24.9 Å². The van der Waals surface area contributed by atoms with Crippen molar-refractivity contribution in [3.8, 4) is 0 Å². The molecule has 0 bridgehead atoms. The molecule has 76 valence electrons. The summed E-state index contributed by atoms with van der Waals surface area (Å²) < 4.78 is 0. The van der Waals surface area contributed by atoms with Crippen molar-refractivity contribution in [2.45, 2.75) is 19.6 Å². The van der Waals surface area contributed by atoms with Crippen molar-refractivity contribution in [2.24, 2.45) is 0 Å². The highest BCUT2D eigenvalue weighted by Crippen LogP contribution is 1.99. The molecule has 0 heterocycles. The molecule has 0 aromatic heterocycles. The number of carbonyl (C=O) groups is 2. The second-order valence-corrected chi connectivity index (χ2v) is 2.58. The van der Waals surface area contributed by atoms with Gasteiger partial charge in [-0.1, -0.05) is 6.92 Å². The van der Waals surface area contributed by atoms with E-state index in [1.165, 1.54) is 0 Å². The van der Waals surface area contributed by atoms with Crippen LogP contribution < -0.4 is 0 Å². The number of aliphatic hydroxyl groups is 1. The van der Waals surface area contributed by atoms with Crippen molar-refractivity contribution in [2.75, 3.05) is 13.1 Å². The zero-order valence-electron chi connectivity index (χ0n) is 7.30. The van der Waals surface area contributed by atoms with E-state index in [-0.39, 0.29) is 0 Å². The summed E-state index contributed by atoms with van der Waals surface area (Å²) in [6, 6.07) is 0. The normalized spacial score (nSPS) is 12.8. The third-order valence-corrected chi connectivity index (χ3v) is 1.46. The molecule has 0 aromatic rings. The average molecular weight is 191 g/mol. The van der Waals surface area contributed by atoms with Gasteiger partial charge in [-0.15, -0.1) is 0 Å². The second kappa shape index (κ2) is 5.50. The molecule has 0 spiro atoms. The SMILES string of the molecule is CCC(O)N(CC(=O)O)CC(=O)O. The Labute approximate surface area is 75.4 Å². The maximum atomic E-state index is 10.3. The first-order valence-corrected chi connectivity index (χ1v) is 3.83. The molecular weight excluding hydrogens is 178 g/mol. The number of aliphatic carboxylic acids is 2. The molecule has 3 N–H and O–H groups in total. The van der Waals surface area contributed by atoms with Crippen LogP contribution in [0.15, 0.2) is 0 Å². The summed E-state index contributed by atoms with van der Waals surface area (Å²) in [5.41, 5.74) is 0. The molecule has 0 fully saturated rings. The number of rotatable bonds is 6. The lowest BCUT2D eigenvalue weighted by Gasteiger charge is -2.22. The molecule has 1 atom stereocenters. The van der Waals surface area contributed by atoms with Crippen molar-refractivity contribution in [1.29, 1.82) is 0 Å². The molecule has 0 aliphatic rings. The van der Waals surface area contributed by atoms with Gasteiger partial charge in [0.05, 0.1) is 13.1 Å². The average Bonchev–Trinajstić information content (AvgIpc) is 2.00. The predicted molar refractivity (Wildman–Crippen MR) is 43.1 cm³/mol. The molecule has 0 aliphatic carbocycles. The lowest BCUT2D eigenvalue weighted by atomic mass is 10.3. The maximum Gasteiger partial charge on any atom is 0.317 e. The van der Waals surface area contributed by atoms with Gasteiger partial charge in [0.2, 0.25) is 0 Å². The number of hydrogen-bond acceptors (Lipinski definition) is 4. The van der Waals surface area contributed by atoms with E-state index in [0.717, 1.165) is 4.90 Å². The van der Waals surface area contributed by atoms with Gasteiger partial charge in [0.25, 0.3) is 0 Å². The third kappa shape index (κ3) is 5.15. The summed E-state index contributed by atoms with van der Waals surface area (Å²) in [6.07, 6.45) is -0.729. The van der Waals surface area contributed by atoms with Crippen LogP contribution >= 0.6 is 0 Å². The number of carboxylic acids is 2. The van der Waals surface area contributed by atoms with Gasteiger partial charge in [0.15, 0.2) is 0 Å². The van der Waals surface area contributed by atoms with E-state index in [4.69, 9.17) is 10.2 Å². The molecule has 0 saturated carbocycles. The van der Waals surface area contributed by atoms with Crippen LogP contribution in [0.4, 0.5) is 0 Å². The fraction of sp³-hybridized carbons (Fsp3) is 0.714. The lowest BCUT2D eigenvalue weighted by molar-refractivity contribution is -0.147. The van der Waals surface area contributed by atoms with Crippen molar-refractivity contribution in [3.05, 3.63) is 0 Å². The molecule has 6 heteroatoms. The summed E-state index contributed by atoms with van der Waals surface area (Å²) in [7, 11) is 0. The molecule has 0 rings (SSSR count). The predicted octanol–water partition coefficient (Wildman–Crippen LogP) is -0.814. The lowest BCUT2D eigenvalue weighted by Crippen LogP contribution is -2.41. The number of nitrogens with zero attached hydrogens (tertiary/aromatic N) is 1. The van der Waals surface area contributed by atoms with Gasteiger partial charge in [-0.3, -0.25) is 14.5 Å². The molecule has 0 amide bonds. The summed E-state index contributed by atoms with van der Waals surface area (Å²) in [4.78, 5) is 21.5. The van der Waals surface area contributed by atoms with Crippen LogP contribution in [0.2, 0.25) is 0 Å². The molecule has 13 heavy (non-hydrogen) atoms. The standard InChI is InChI=1S/C7H13NO5/c1-2-5(9)8(3-6(10)11)4-7(12)13/h5,9H,2-4H2,1H3,(H,10,11)(H,12,13). The highest BCUT2D eigenvalue weighted by Gasteiger charge is 2.19. The third-order valence-electron chi connectivity index (χ3n) is 1.46. The molecule has 0 saturated heterocycles. The maximum absolute atomic E-state index is 10.3. The summed E-state index contributed by atoms with van der Waals surface area (Å²) in [5, 5.41) is 26.0. The Balaban J connectivity index is 4.17. The van der Waals surface area contributed by atoms with Crippen molar-refractivity contribution in [1.82, 2.24) is 4.90 Å². The first-order valence-electron chi connectivity index (χ1n) is 3.83. The molecule has 6 nitrogen and oxygen atoms in total. The Morgan fingerprint density at radius 2 is 1.62 bits per heavy atom. The Morgan fingerprint density at radius 1 is 1.23 bits per heavy atom. The molecular formula is C7H13NO5. The Kier molecular flexibility index (Phi) is 5.01. The fourth-order valence-electron chi connectivity index (χ4n) is 0.872. The summed E-state index contributed by atoms with van der Waals surface area (Å²) in [6.45, 7) is 0.698. The van der Waals surface area contributed by atoms with Crippen LogP contribution in [0.5, 0.6) is 0 Å². The topological polar surface area (TPSA) is 98.1 Å². The van der Waals surface area contributed by atoms with E-state index in [2.05, 4.69) is 0 Å². The molecule has 0 radical (unpaired) electrons. The number of carboxylic acid groups (broad SMARTS) is 2. The Bertz CT molecular complexity index is 177. The minimum atomic E-state index is -1.16. The van der Waals surface area contributed by atoms with Crippen molar-refractivity contribution >= 4 is 11.9 Å². The monoisotopic (exact) mass is 191 g/mol. The highest BCUT2D eigenvalue weighted by molar-refractivity contribution is 5.72. The smallest absolute Gasteiger partial charge is 0.317 e. The zero-order chi connectivity index (χ0) is 10.4. The van der Waals surface area contributed by atoms with E-state index < -0.39 is 31.3 Å². The van der Waals surface area contributed by atoms with Gasteiger partial charge in [-0.25, -0.2) is 0 Å². The van der Waals surface area contributed by atoms with Crippen LogP contribution in [-0.4, -0.2) is 51.5 Å². The van der Waals surface area contributed by atoms with E-state index in [9.17, 15) is 14.7 Å². The summed E-state index contributed by atoms with van der Waals surface area (Å²) in [5.74, 6) is -2.32. The minimum Gasteiger partial charge on any atom is -0.480 e. The van der Waals surface area contributed by atoms with Crippen LogP contribution in [0.25, 0.3) is 0 Å². The number of aliphatic hydroxyl groups excluding tert-OH is 1. The minimum absolute atomic E-state index is 0.292. The van der Waals surface area contributed by atoms with Gasteiger partial charge in [0.1, 0.15) is 6.23 Å². The first kappa shape index (κ1) is 11.9. The quantitative estimate of drug-likeness (QED) is 0.475. The van der Waals surface area contributed by atoms with Crippen LogP contribution in [-0.2, 0) is 9.59 Å². The van der Waals surface area contributed by atoms with Crippen LogP contribution in [0.3, 0.4) is 0 Å². The Hall–Kier alpha value is -1.14. The second-order valence-electron chi connectivity index (χ2n) is 2.58. The Morgan fingerprint density at radius 3 is 1.85 bits per heavy atom. The van der Waals surface area contributed by atoms with Gasteiger partial charge in [-0.2, -0.15) is 0 Å². The largest absolute Gasteiger partial charge is 0.480 e. The van der Waals surface area contributed by atoms with Gasteiger partial charge in [0, 0.05) is 0 Å². The highest BCUT2D eigenvalue weighted by atomic mass is 16.4. The van der Waals surface area contributed by atoms with E-state index in [1.807, 2.05) is 0 Å². The van der Waals surface area contributed by atoms with Gasteiger partial charge < -0.3 is 15.3 Å². The number of hydrogen-bond donors (Lipinski definition) is 3. The van der Waals surface area contributed by atoms with E-state index in [0.29, 0.717) is 6.42 Å². The van der Waals surface area contributed by atoms with Crippen LogP contribution in [0, 0.1) is 0 Å². The van der Waals surface area contributed by atoms with E-state index in [1.54, 1.807) is 6.92 Å². The van der Waals surface area contributed by atoms with E-state index >= 15 is 0 Å². The van der Waals surface area contributed by atoms with Crippen LogP contribution in [0.1, 0.15) is 13.3 Å².